The van der Waals surface area contributed by atoms with Crippen molar-refractivity contribution in [3.8, 4) is 5.75 Å². The van der Waals surface area contributed by atoms with Gasteiger partial charge in [0.05, 0.1) is 17.4 Å². The molecule has 1 aromatic carbocycles. The molecule has 0 bridgehead atoms. The number of nitrogens with zero attached hydrogens (tertiary/aromatic N) is 4. The Labute approximate surface area is 221 Å². The number of fused-ring (bicyclic) bond motifs is 2. The van der Waals surface area contributed by atoms with Crippen molar-refractivity contribution in [3.05, 3.63) is 94.2 Å². The van der Waals surface area contributed by atoms with Crippen molar-refractivity contribution in [2.75, 3.05) is 19.8 Å². The van der Waals surface area contributed by atoms with Crippen LogP contribution in [0.15, 0.2) is 61.2 Å². The zero-order chi connectivity index (χ0) is 25.7. The molecule has 37 heavy (non-hydrogen) atoms. The van der Waals surface area contributed by atoms with Crippen LogP contribution >= 0.6 is 11.6 Å². The number of phenolic OH excluding ortho intramolecular Hbond substituents is 1. The fraction of sp³-hybridized carbons (Fsp3) is 0.333. The van der Waals surface area contributed by atoms with Crippen molar-refractivity contribution in [2.24, 2.45) is 5.92 Å². The van der Waals surface area contributed by atoms with Crippen molar-refractivity contribution in [1.29, 1.82) is 0 Å². The summed E-state index contributed by atoms with van der Waals surface area (Å²) in [5.74, 6) is 0.430. The summed E-state index contributed by atoms with van der Waals surface area (Å²) < 4.78 is 14.9. The van der Waals surface area contributed by atoms with Gasteiger partial charge in [0.2, 0.25) is 0 Å². The molecule has 1 fully saturated rings. The molecule has 4 heterocycles. The maximum Gasteiger partial charge on any atom is 0.137 e. The van der Waals surface area contributed by atoms with E-state index in [1.165, 1.54) is 5.57 Å². The molecule has 1 aliphatic carbocycles. The number of aromatic hydroxyl groups is 1. The molecule has 0 radical (unpaired) electrons. The third-order valence-electron chi connectivity index (χ3n) is 7.84. The third-order valence-corrected chi connectivity index (χ3v) is 8.14. The summed E-state index contributed by atoms with van der Waals surface area (Å²) in [4.78, 5) is 11.3. The van der Waals surface area contributed by atoms with Crippen LogP contribution < -0.4 is 0 Å². The van der Waals surface area contributed by atoms with Gasteiger partial charge in [-0.3, -0.25) is 14.3 Å². The lowest BCUT2D eigenvalue weighted by Gasteiger charge is -2.37. The zero-order valence-corrected chi connectivity index (χ0v) is 21.8. The molecule has 0 unspecified atom stereocenters. The van der Waals surface area contributed by atoms with E-state index in [9.17, 15) is 9.50 Å². The zero-order valence-electron chi connectivity index (χ0n) is 21.1. The normalized spacial score (nSPS) is 18.1. The predicted octanol–water partition coefficient (Wildman–Crippen LogP) is 6.52. The topological polar surface area (TPSA) is 53.7 Å². The Bertz CT molecular complexity index is 1520. The Morgan fingerprint density at radius 1 is 1.14 bits per heavy atom. The summed E-state index contributed by atoms with van der Waals surface area (Å²) in [6, 6.07) is 11.9. The standard InChI is InChI=1S/C30H30ClFN4O/c1-30(2)8-5-24(23-6-9-33-14-27(23)31)29(25-4-3-22(37)12-26(25)30)20-7-10-36-18-21(34-28(36)11-20)17-35-15-19(13-32)16-35/h3-4,6-7,9-12,14,18-19,37H,5,8,13,15-17H2,1-2H3. The van der Waals surface area contributed by atoms with Gasteiger partial charge in [-0.15, -0.1) is 0 Å². The maximum atomic E-state index is 12.8. The van der Waals surface area contributed by atoms with Gasteiger partial charge in [-0.05, 0) is 82.0 Å². The molecule has 190 valence electrons. The summed E-state index contributed by atoms with van der Waals surface area (Å²) in [5.41, 5.74) is 8.22. The van der Waals surface area contributed by atoms with Gasteiger partial charge in [0.25, 0.3) is 0 Å². The average Bonchev–Trinajstić information content (AvgIpc) is 3.21. The smallest absolute Gasteiger partial charge is 0.137 e. The number of benzene rings is 1. The fourth-order valence-corrected chi connectivity index (χ4v) is 6.02. The van der Waals surface area contributed by atoms with Crippen LogP contribution in [0.25, 0.3) is 16.8 Å². The van der Waals surface area contributed by atoms with E-state index in [0.29, 0.717) is 5.02 Å². The van der Waals surface area contributed by atoms with Gasteiger partial charge in [-0.1, -0.05) is 31.5 Å². The molecule has 0 atom stereocenters. The summed E-state index contributed by atoms with van der Waals surface area (Å²) in [5, 5.41) is 11.0. The lowest BCUT2D eigenvalue weighted by Crippen LogP contribution is -2.46. The van der Waals surface area contributed by atoms with Crippen molar-refractivity contribution < 1.29 is 9.50 Å². The largest absolute Gasteiger partial charge is 0.508 e. The Morgan fingerprint density at radius 3 is 2.76 bits per heavy atom. The van der Waals surface area contributed by atoms with Crippen LogP contribution in [-0.4, -0.2) is 44.1 Å². The Balaban J connectivity index is 1.50. The van der Waals surface area contributed by atoms with E-state index in [1.807, 2.05) is 22.6 Å². The van der Waals surface area contributed by atoms with Crippen LogP contribution in [0.4, 0.5) is 4.39 Å². The second kappa shape index (κ2) is 9.26. The van der Waals surface area contributed by atoms with E-state index in [2.05, 4.69) is 48.3 Å². The summed E-state index contributed by atoms with van der Waals surface area (Å²) in [7, 11) is 0. The highest BCUT2D eigenvalue weighted by Gasteiger charge is 2.32. The number of rotatable bonds is 5. The number of imidazole rings is 1. The van der Waals surface area contributed by atoms with E-state index >= 15 is 0 Å². The first kappa shape index (κ1) is 24.1. The van der Waals surface area contributed by atoms with Gasteiger partial charge < -0.3 is 9.51 Å². The van der Waals surface area contributed by atoms with Gasteiger partial charge >= 0.3 is 0 Å². The fourth-order valence-electron chi connectivity index (χ4n) is 5.79. The SMILES string of the molecule is CC1(C)CCC(c2ccncc2Cl)=C(c2ccn3cc(CN4CC(CF)C4)nc3c2)c2ccc(O)cc21. The van der Waals surface area contributed by atoms with Crippen molar-refractivity contribution >= 4 is 28.4 Å². The van der Waals surface area contributed by atoms with E-state index in [4.69, 9.17) is 16.6 Å². The molecule has 1 aliphatic heterocycles. The maximum absolute atomic E-state index is 12.8. The van der Waals surface area contributed by atoms with Crippen LogP contribution in [0.2, 0.25) is 5.02 Å². The first-order valence-corrected chi connectivity index (χ1v) is 13.1. The van der Waals surface area contributed by atoms with Gasteiger partial charge in [-0.25, -0.2) is 4.98 Å². The molecule has 0 spiro atoms. The van der Waals surface area contributed by atoms with Gasteiger partial charge in [0.1, 0.15) is 11.4 Å². The summed E-state index contributed by atoms with van der Waals surface area (Å²) >= 11 is 6.69. The highest BCUT2D eigenvalue weighted by Crippen LogP contribution is 2.47. The molecular weight excluding hydrogens is 487 g/mol. The number of hydrogen-bond acceptors (Lipinski definition) is 4. The molecule has 2 aliphatic rings. The Kier molecular flexibility index (Phi) is 6.04. The first-order valence-electron chi connectivity index (χ1n) is 12.8. The van der Waals surface area contributed by atoms with Crippen LogP contribution in [0.1, 0.15) is 54.6 Å². The van der Waals surface area contributed by atoms with Crippen LogP contribution in [0.3, 0.4) is 0 Å². The lowest BCUT2D eigenvalue weighted by atomic mass is 9.78. The van der Waals surface area contributed by atoms with Crippen LogP contribution in [-0.2, 0) is 12.0 Å². The molecule has 0 amide bonds. The number of likely N-dealkylation sites (tertiary alicyclic amines) is 1. The predicted molar refractivity (Wildman–Crippen MR) is 145 cm³/mol. The number of allylic oxidation sites excluding steroid dienone is 1. The number of alkyl halides is 1. The van der Waals surface area contributed by atoms with E-state index in [0.717, 1.165) is 71.6 Å². The lowest BCUT2D eigenvalue weighted by molar-refractivity contribution is 0.0727. The number of aromatic nitrogens is 3. The van der Waals surface area contributed by atoms with Crippen LogP contribution in [0, 0.1) is 5.92 Å². The number of halogens is 2. The quantitative estimate of drug-likeness (QED) is 0.328. The number of hydrogen-bond donors (Lipinski definition) is 1. The summed E-state index contributed by atoms with van der Waals surface area (Å²) in [6.07, 6.45) is 9.33. The van der Waals surface area contributed by atoms with Crippen molar-refractivity contribution in [3.63, 3.8) is 0 Å². The van der Waals surface area contributed by atoms with Crippen molar-refractivity contribution in [1.82, 2.24) is 19.3 Å². The van der Waals surface area contributed by atoms with Crippen molar-refractivity contribution in [2.45, 2.75) is 38.6 Å². The van der Waals surface area contributed by atoms with E-state index in [1.54, 1.807) is 18.5 Å². The highest BCUT2D eigenvalue weighted by atomic mass is 35.5. The molecule has 3 aromatic heterocycles. The van der Waals surface area contributed by atoms with Gasteiger partial charge in [0.15, 0.2) is 0 Å². The van der Waals surface area contributed by atoms with E-state index < -0.39 is 0 Å². The molecule has 0 saturated carbocycles. The minimum absolute atomic E-state index is 0.139. The second-order valence-corrected chi connectivity index (χ2v) is 11.4. The van der Waals surface area contributed by atoms with E-state index in [-0.39, 0.29) is 23.8 Å². The highest BCUT2D eigenvalue weighted by molar-refractivity contribution is 6.32. The first-order chi connectivity index (χ1) is 17.8. The molecule has 7 heteroatoms. The van der Waals surface area contributed by atoms with Gasteiger partial charge in [0, 0.05) is 50.3 Å². The molecule has 5 nitrogen and oxygen atoms in total. The molecule has 1 N–H and O–H groups in total. The molecular formula is C30H30ClFN4O. The average molecular weight is 517 g/mol. The second-order valence-electron chi connectivity index (χ2n) is 11.0. The molecule has 1 saturated heterocycles. The Morgan fingerprint density at radius 2 is 1.97 bits per heavy atom. The number of phenols is 1. The third kappa shape index (κ3) is 4.42. The minimum atomic E-state index is -0.250. The van der Waals surface area contributed by atoms with Crippen LogP contribution in [0.5, 0.6) is 5.75 Å². The minimum Gasteiger partial charge on any atom is -0.508 e. The molecule has 4 aromatic rings. The summed E-state index contributed by atoms with van der Waals surface area (Å²) in [6.45, 7) is 6.51. The molecule has 6 rings (SSSR count). The monoisotopic (exact) mass is 516 g/mol. The number of pyridine rings is 2. The van der Waals surface area contributed by atoms with Gasteiger partial charge in [-0.2, -0.15) is 0 Å². The Hall–Kier alpha value is -3.22.